The van der Waals surface area contributed by atoms with E-state index in [1.54, 1.807) is 49.9 Å². The van der Waals surface area contributed by atoms with Crippen LogP contribution in [0.15, 0.2) is 36.7 Å². The van der Waals surface area contributed by atoms with Gasteiger partial charge >= 0.3 is 6.09 Å². The number of nitrogens with zero attached hydrogens (tertiary/aromatic N) is 2. The fraction of sp³-hybridized carbons (Fsp3) is 0.312. The Morgan fingerprint density at radius 1 is 1.25 bits per heavy atom. The lowest BCUT2D eigenvalue weighted by atomic mass is 10.2. The molecule has 0 atom stereocenters. The van der Waals surface area contributed by atoms with Crippen LogP contribution in [-0.4, -0.2) is 28.3 Å². The second-order valence-corrected chi connectivity index (χ2v) is 6.02. The molecule has 0 unspecified atom stereocenters. The van der Waals surface area contributed by atoms with Crippen LogP contribution in [0.5, 0.6) is 5.75 Å². The van der Waals surface area contributed by atoms with E-state index in [4.69, 9.17) is 9.47 Å². The van der Waals surface area contributed by atoms with E-state index in [0.717, 1.165) is 0 Å². The Kier molecular flexibility index (Phi) is 4.77. The molecule has 0 aliphatic carbocycles. The van der Waals surface area contributed by atoms with Gasteiger partial charge in [0.1, 0.15) is 17.0 Å². The third-order valence-corrected chi connectivity index (χ3v) is 3.01. The number of hydrogen-bond donors (Lipinski definition) is 1. The minimum Gasteiger partial charge on any atom is -0.494 e. The number of carbonyl (C=O) groups is 1. The van der Waals surface area contributed by atoms with E-state index in [1.807, 2.05) is 0 Å². The molecule has 128 valence electrons. The Hall–Kier alpha value is -3.03. The molecule has 2 aromatic rings. The summed E-state index contributed by atoms with van der Waals surface area (Å²) in [6, 6.07) is 6.25. The van der Waals surface area contributed by atoms with Gasteiger partial charge in [0.25, 0.3) is 5.69 Å². The van der Waals surface area contributed by atoms with Crippen molar-refractivity contribution in [3.05, 3.63) is 46.8 Å². The van der Waals surface area contributed by atoms with Gasteiger partial charge in [0.2, 0.25) is 0 Å². The number of nitro groups is 1. The average molecular weight is 333 g/mol. The summed E-state index contributed by atoms with van der Waals surface area (Å²) in [6.45, 7) is 5.17. The molecule has 0 saturated heterocycles. The molecule has 0 fully saturated rings. The molecule has 0 aliphatic rings. The Morgan fingerprint density at radius 2 is 1.88 bits per heavy atom. The summed E-state index contributed by atoms with van der Waals surface area (Å²) in [7, 11) is 1.42. The number of nitro benzene ring substituents is 1. The van der Waals surface area contributed by atoms with Crippen LogP contribution in [0, 0.1) is 10.1 Å². The molecule has 1 aromatic heterocycles. The van der Waals surface area contributed by atoms with Crippen molar-refractivity contribution in [1.82, 2.24) is 4.57 Å². The number of benzene rings is 1. The summed E-state index contributed by atoms with van der Waals surface area (Å²) >= 11 is 0. The van der Waals surface area contributed by atoms with Crippen molar-refractivity contribution in [1.29, 1.82) is 0 Å². The van der Waals surface area contributed by atoms with Crippen molar-refractivity contribution in [2.24, 2.45) is 0 Å². The lowest BCUT2D eigenvalue weighted by Crippen LogP contribution is -2.27. The van der Waals surface area contributed by atoms with Gasteiger partial charge in [-0.1, -0.05) is 0 Å². The Balaban J connectivity index is 2.44. The van der Waals surface area contributed by atoms with Crippen LogP contribution < -0.4 is 10.1 Å². The zero-order chi connectivity index (χ0) is 17.9. The van der Waals surface area contributed by atoms with Gasteiger partial charge in [-0.25, -0.2) is 4.79 Å². The normalized spacial score (nSPS) is 11.0. The number of nitrogens with one attached hydrogen (secondary N) is 1. The van der Waals surface area contributed by atoms with Crippen molar-refractivity contribution >= 4 is 17.5 Å². The molecular formula is C16H19N3O5. The highest BCUT2D eigenvalue weighted by Crippen LogP contribution is 2.35. The zero-order valence-corrected chi connectivity index (χ0v) is 13.9. The number of hydrogen-bond acceptors (Lipinski definition) is 5. The van der Waals surface area contributed by atoms with Gasteiger partial charge in [0, 0.05) is 24.5 Å². The molecule has 1 heterocycles. The van der Waals surface area contributed by atoms with E-state index < -0.39 is 16.6 Å². The van der Waals surface area contributed by atoms with E-state index in [1.165, 1.54) is 19.2 Å². The van der Waals surface area contributed by atoms with Crippen LogP contribution in [0.4, 0.5) is 16.2 Å². The first kappa shape index (κ1) is 17.3. The summed E-state index contributed by atoms with van der Waals surface area (Å²) in [5.41, 5.74) is -0.363. The van der Waals surface area contributed by atoms with Gasteiger partial charge in [-0.05, 0) is 32.9 Å². The van der Waals surface area contributed by atoms with Gasteiger partial charge in [-0.2, -0.15) is 0 Å². The lowest BCUT2D eigenvalue weighted by Gasteiger charge is -2.20. The molecule has 2 rings (SSSR count). The number of carbonyl (C=O) groups excluding carboxylic acids is 1. The monoisotopic (exact) mass is 333 g/mol. The largest absolute Gasteiger partial charge is 0.494 e. The van der Waals surface area contributed by atoms with Crippen LogP contribution >= 0.6 is 0 Å². The van der Waals surface area contributed by atoms with E-state index in [9.17, 15) is 14.9 Å². The van der Waals surface area contributed by atoms with Gasteiger partial charge in [-0.3, -0.25) is 15.4 Å². The second-order valence-electron chi connectivity index (χ2n) is 6.02. The third-order valence-electron chi connectivity index (χ3n) is 3.01. The summed E-state index contributed by atoms with van der Waals surface area (Å²) < 4.78 is 12.0. The standard InChI is InChI=1S/C16H19N3O5/c1-16(2,3)24-15(20)17-11-9-13(19(21)22)12(10-14(11)23-4)18-7-5-6-8-18/h5-10H,1-4H3,(H,17,20). The van der Waals surface area contributed by atoms with Crippen LogP contribution in [0.3, 0.4) is 0 Å². The minimum atomic E-state index is -0.719. The summed E-state index contributed by atoms with van der Waals surface area (Å²) in [4.78, 5) is 22.8. The molecule has 8 heteroatoms. The van der Waals surface area contributed by atoms with Crippen LogP contribution in [0.1, 0.15) is 20.8 Å². The molecular weight excluding hydrogens is 314 g/mol. The summed E-state index contributed by atoms with van der Waals surface area (Å²) in [5, 5.41) is 13.9. The van der Waals surface area contributed by atoms with Crippen molar-refractivity contribution in [3.63, 3.8) is 0 Å². The topological polar surface area (TPSA) is 95.6 Å². The number of aromatic nitrogens is 1. The van der Waals surface area contributed by atoms with Gasteiger partial charge in [0.15, 0.2) is 0 Å². The minimum absolute atomic E-state index is 0.161. The molecule has 0 spiro atoms. The lowest BCUT2D eigenvalue weighted by molar-refractivity contribution is -0.384. The predicted octanol–water partition coefficient (Wildman–Crippen LogP) is 3.74. The number of rotatable bonds is 4. The Morgan fingerprint density at radius 3 is 2.38 bits per heavy atom. The fourth-order valence-corrected chi connectivity index (χ4v) is 2.09. The third kappa shape index (κ3) is 4.03. The molecule has 0 bridgehead atoms. The Labute approximate surface area is 139 Å². The smallest absolute Gasteiger partial charge is 0.412 e. The Bertz CT molecular complexity index is 748. The molecule has 1 aromatic carbocycles. The van der Waals surface area contributed by atoms with Crippen LogP contribution in [0.2, 0.25) is 0 Å². The maximum Gasteiger partial charge on any atom is 0.412 e. The summed E-state index contributed by atoms with van der Waals surface area (Å²) in [6.07, 6.45) is 2.65. The first-order valence-electron chi connectivity index (χ1n) is 7.21. The second kappa shape index (κ2) is 6.61. The maximum absolute atomic E-state index is 11.9. The molecule has 8 nitrogen and oxygen atoms in total. The highest BCUT2D eigenvalue weighted by molar-refractivity contribution is 5.88. The van der Waals surface area contributed by atoms with Gasteiger partial charge < -0.3 is 14.0 Å². The highest BCUT2D eigenvalue weighted by atomic mass is 16.6. The number of amides is 1. The van der Waals surface area contributed by atoms with E-state index in [0.29, 0.717) is 5.69 Å². The molecule has 0 radical (unpaired) electrons. The predicted molar refractivity (Wildman–Crippen MR) is 88.8 cm³/mol. The number of methoxy groups -OCH3 is 1. The first-order chi connectivity index (χ1) is 11.2. The number of ether oxygens (including phenoxy) is 2. The van der Waals surface area contributed by atoms with Crippen LogP contribution in [0.25, 0.3) is 5.69 Å². The highest BCUT2D eigenvalue weighted by Gasteiger charge is 2.23. The average Bonchev–Trinajstić information content (AvgIpc) is 2.98. The zero-order valence-electron chi connectivity index (χ0n) is 13.9. The first-order valence-corrected chi connectivity index (χ1v) is 7.21. The van der Waals surface area contributed by atoms with E-state index in [2.05, 4.69) is 5.32 Å². The maximum atomic E-state index is 11.9. The van der Waals surface area contributed by atoms with Crippen molar-refractivity contribution in [2.75, 3.05) is 12.4 Å². The van der Waals surface area contributed by atoms with Crippen LogP contribution in [-0.2, 0) is 4.74 Å². The SMILES string of the molecule is COc1cc(-n2cccc2)c([N+](=O)[O-])cc1NC(=O)OC(C)(C)C. The van der Waals surface area contributed by atoms with Crippen molar-refractivity contribution < 1.29 is 19.2 Å². The fourth-order valence-electron chi connectivity index (χ4n) is 2.09. The molecule has 1 amide bonds. The molecule has 0 saturated carbocycles. The molecule has 24 heavy (non-hydrogen) atoms. The van der Waals surface area contributed by atoms with Gasteiger partial charge in [0.05, 0.1) is 17.7 Å². The molecule has 0 aliphatic heterocycles. The summed E-state index contributed by atoms with van der Waals surface area (Å²) in [5.74, 6) is 0.287. The van der Waals surface area contributed by atoms with E-state index in [-0.39, 0.29) is 17.1 Å². The molecule has 1 N–H and O–H groups in total. The van der Waals surface area contributed by atoms with Crippen molar-refractivity contribution in [2.45, 2.75) is 26.4 Å². The number of anilines is 1. The van der Waals surface area contributed by atoms with Crippen molar-refractivity contribution in [3.8, 4) is 11.4 Å². The van der Waals surface area contributed by atoms with E-state index >= 15 is 0 Å². The quantitative estimate of drug-likeness (QED) is 0.679. The van der Waals surface area contributed by atoms with Gasteiger partial charge in [-0.15, -0.1) is 0 Å².